The summed E-state index contributed by atoms with van der Waals surface area (Å²) in [5.74, 6) is 2.82. The third kappa shape index (κ3) is 2.79. The van der Waals surface area contributed by atoms with Gasteiger partial charge in [0.2, 0.25) is 5.89 Å². The van der Waals surface area contributed by atoms with Crippen LogP contribution in [0.2, 0.25) is 0 Å². The van der Waals surface area contributed by atoms with Gasteiger partial charge in [0.05, 0.1) is 5.75 Å². The van der Waals surface area contributed by atoms with Gasteiger partial charge >= 0.3 is 0 Å². The fraction of sp³-hybridized carbons (Fsp3) is 0.455. The molecule has 0 atom stereocenters. The summed E-state index contributed by atoms with van der Waals surface area (Å²) in [6.45, 7) is 8.33. The van der Waals surface area contributed by atoms with Crippen LogP contribution >= 0.6 is 11.8 Å². The number of aryl methyl sites for hydroxylation is 2. The van der Waals surface area contributed by atoms with Crippen molar-refractivity contribution >= 4 is 11.8 Å². The number of aromatic nitrogens is 5. The van der Waals surface area contributed by atoms with E-state index in [0.29, 0.717) is 18.2 Å². The minimum absolute atomic E-state index is 0.599. The number of hydrogen-bond donors (Lipinski definition) is 0. The first-order valence-corrected chi connectivity index (χ1v) is 6.68. The second-order valence-corrected chi connectivity index (χ2v) is 4.62. The largest absolute Gasteiger partial charge is 0.338 e. The molecule has 0 aliphatic rings. The maximum atomic E-state index is 5.12. The second kappa shape index (κ2) is 5.81. The maximum absolute atomic E-state index is 5.12. The summed E-state index contributed by atoms with van der Waals surface area (Å²) < 4.78 is 7.12. The molecule has 0 amide bonds. The molecule has 2 aromatic rings. The van der Waals surface area contributed by atoms with Crippen LogP contribution in [0.1, 0.15) is 24.5 Å². The zero-order valence-electron chi connectivity index (χ0n) is 10.5. The van der Waals surface area contributed by atoms with Crippen molar-refractivity contribution in [1.82, 2.24) is 24.9 Å². The fourth-order valence-corrected chi connectivity index (χ4v) is 2.26. The molecule has 0 N–H and O–H groups in total. The Morgan fingerprint density at radius 2 is 2.28 bits per heavy atom. The Kier molecular flexibility index (Phi) is 4.14. The minimum atomic E-state index is 0.599. The lowest BCUT2D eigenvalue weighted by Crippen LogP contribution is -2.00. The van der Waals surface area contributed by atoms with E-state index >= 15 is 0 Å². The van der Waals surface area contributed by atoms with Gasteiger partial charge in [-0.2, -0.15) is 4.98 Å². The van der Waals surface area contributed by atoms with Crippen molar-refractivity contribution in [3.05, 3.63) is 30.2 Å². The molecule has 0 radical (unpaired) electrons. The fourth-order valence-electron chi connectivity index (χ4n) is 1.43. The molecule has 0 saturated carbocycles. The molecular weight excluding hydrogens is 250 g/mol. The molecule has 0 aliphatic carbocycles. The van der Waals surface area contributed by atoms with Crippen LogP contribution in [0, 0.1) is 6.92 Å². The van der Waals surface area contributed by atoms with Gasteiger partial charge in [0, 0.05) is 13.0 Å². The van der Waals surface area contributed by atoms with Crippen molar-refractivity contribution in [2.75, 3.05) is 0 Å². The molecule has 0 fully saturated rings. The molecular formula is C11H15N5OS. The second-order valence-electron chi connectivity index (χ2n) is 3.68. The lowest BCUT2D eigenvalue weighted by molar-refractivity contribution is 0.385. The zero-order valence-corrected chi connectivity index (χ0v) is 11.3. The average molecular weight is 265 g/mol. The van der Waals surface area contributed by atoms with Crippen LogP contribution in [0.15, 0.2) is 22.3 Å². The number of allylic oxidation sites excluding steroid dienone is 1. The van der Waals surface area contributed by atoms with Gasteiger partial charge in [0.15, 0.2) is 11.0 Å². The smallest absolute Gasteiger partial charge is 0.237 e. The van der Waals surface area contributed by atoms with E-state index in [-0.39, 0.29) is 0 Å². The number of hydrogen-bond acceptors (Lipinski definition) is 6. The van der Waals surface area contributed by atoms with Crippen molar-refractivity contribution in [2.24, 2.45) is 0 Å². The summed E-state index contributed by atoms with van der Waals surface area (Å²) in [5.41, 5.74) is 0. The van der Waals surface area contributed by atoms with E-state index in [1.165, 1.54) is 11.8 Å². The topological polar surface area (TPSA) is 69.6 Å². The Morgan fingerprint density at radius 3 is 2.94 bits per heavy atom. The summed E-state index contributed by atoms with van der Waals surface area (Å²) in [4.78, 5) is 4.25. The monoisotopic (exact) mass is 265 g/mol. The molecule has 0 aliphatic heterocycles. The normalized spacial score (nSPS) is 10.8. The summed E-state index contributed by atoms with van der Waals surface area (Å²) in [6, 6.07) is 0. The predicted octanol–water partition coefficient (Wildman–Crippen LogP) is 2.01. The first-order chi connectivity index (χ1) is 8.74. The Bertz CT molecular complexity index is 533. The Hall–Kier alpha value is -1.63. The number of nitrogens with zero attached hydrogens (tertiary/aromatic N) is 5. The summed E-state index contributed by atoms with van der Waals surface area (Å²) in [7, 11) is 0. The SMILES string of the molecule is C=CCn1c(C)nnc1SCc1nc(CC)no1. The first-order valence-electron chi connectivity index (χ1n) is 5.69. The van der Waals surface area contributed by atoms with Gasteiger partial charge in [0.1, 0.15) is 5.82 Å². The van der Waals surface area contributed by atoms with Crippen molar-refractivity contribution in [3.63, 3.8) is 0 Å². The summed E-state index contributed by atoms with van der Waals surface area (Å²) in [6.07, 6.45) is 2.60. The molecule has 96 valence electrons. The molecule has 2 heterocycles. The van der Waals surface area contributed by atoms with E-state index in [2.05, 4.69) is 26.9 Å². The molecule has 18 heavy (non-hydrogen) atoms. The minimum Gasteiger partial charge on any atom is -0.338 e. The molecule has 0 saturated heterocycles. The lowest BCUT2D eigenvalue weighted by atomic mass is 10.5. The van der Waals surface area contributed by atoms with Gasteiger partial charge in [-0.15, -0.1) is 16.8 Å². The van der Waals surface area contributed by atoms with E-state index in [1.54, 1.807) is 0 Å². The van der Waals surface area contributed by atoms with Gasteiger partial charge < -0.3 is 9.09 Å². The molecule has 0 bridgehead atoms. The van der Waals surface area contributed by atoms with Gasteiger partial charge in [-0.1, -0.05) is 29.9 Å². The van der Waals surface area contributed by atoms with Crippen LogP contribution in [0.5, 0.6) is 0 Å². The van der Waals surface area contributed by atoms with Crippen molar-refractivity contribution in [2.45, 2.75) is 37.7 Å². The lowest BCUT2D eigenvalue weighted by Gasteiger charge is -2.03. The van der Waals surface area contributed by atoms with Crippen LogP contribution in [0.3, 0.4) is 0 Å². The highest BCUT2D eigenvalue weighted by Crippen LogP contribution is 2.21. The quantitative estimate of drug-likeness (QED) is 0.588. The van der Waals surface area contributed by atoms with Crippen molar-refractivity contribution < 1.29 is 4.52 Å². The predicted molar refractivity (Wildman–Crippen MR) is 68.2 cm³/mol. The summed E-state index contributed by atoms with van der Waals surface area (Å²) >= 11 is 1.53. The maximum Gasteiger partial charge on any atom is 0.237 e. The summed E-state index contributed by atoms with van der Waals surface area (Å²) in [5, 5.41) is 12.9. The van der Waals surface area contributed by atoms with Gasteiger partial charge in [-0.05, 0) is 6.92 Å². The van der Waals surface area contributed by atoms with E-state index in [9.17, 15) is 0 Å². The highest BCUT2D eigenvalue weighted by atomic mass is 32.2. The Morgan fingerprint density at radius 1 is 1.44 bits per heavy atom. The van der Waals surface area contributed by atoms with E-state index < -0.39 is 0 Å². The van der Waals surface area contributed by atoms with E-state index in [1.807, 2.05) is 24.5 Å². The van der Waals surface area contributed by atoms with Gasteiger partial charge in [-0.25, -0.2) is 0 Å². The molecule has 6 nitrogen and oxygen atoms in total. The number of thioether (sulfide) groups is 1. The molecule has 7 heteroatoms. The highest BCUT2D eigenvalue weighted by molar-refractivity contribution is 7.98. The molecule has 2 rings (SSSR count). The molecule has 0 unspecified atom stereocenters. The van der Waals surface area contributed by atoms with Gasteiger partial charge in [-0.3, -0.25) is 0 Å². The first kappa shape index (κ1) is 12.8. The van der Waals surface area contributed by atoms with Crippen molar-refractivity contribution in [3.8, 4) is 0 Å². The van der Waals surface area contributed by atoms with Crippen molar-refractivity contribution in [1.29, 1.82) is 0 Å². The van der Waals surface area contributed by atoms with Crippen LogP contribution in [0.25, 0.3) is 0 Å². The molecule has 0 spiro atoms. The van der Waals surface area contributed by atoms with Crippen LogP contribution in [-0.4, -0.2) is 24.9 Å². The van der Waals surface area contributed by atoms with E-state index in [4.69, 9.17) is 4.52 Å². The Balaban J connectivity index is 2.03. The van der Waals surface area contributed by atoms with Crippen LogP contribution in [-0.2, 0) is 18.7 Å². The third-order valence-corrected chi connectivity index (χ3v) is 3.32. The highest BCUT2D eigenvalue weighted by Gasteiger charge is 2.11. The Labute approximate surface area is 109 Å². The molecule has 2 aromatic heterocycles. The number of rotatable bonds is 6. The van der Waals surface area contributed by atoms with Crippen LogP contribution < -0.4 is 0 Å². The van der Waals surface area contributed by atoms with E-state index in [0.717, 1.165) is 23.2 Å². The standard InChI is InChI=1S/C11H15N5OS/c1-4-6-16-8(3)13-14-11(16)18-7-10-12-9(5-2)15-17-10/h4H,1,5-7H2,2-3H3. The third-order valence-electron chi connectivity index (χ3n) is 2.36. The average Bonchev–Trinajstić information content (AvgIpc) is 2.96. The molecule has 0 aromatic carbocycles. The van der Waals surface area contributed by atoms with Gasteiger partial charge in [0.25, 0.3) is 0 Å². The zero-order chi connectivity index (χ0) is 13.0. The van der Waals surface area contributed by atoms with Crippen LogP contribution in [0.4, 0.5) is 0 Å².